The Morgan fingerprint density at radius 3 is 1.00 bits per heavy atom. The fourth-order valence-electron chi connectivity index (χ4n) is 0.214. The maximum absolute atomic E-state index is 10.1. The third kappa shape index (κ3) is 9.04. The quantitative estimate of drug-likeness (QED) is 0.514. The molecular formula is C12H22O2. The van der Waals surface area contributed by atoms with Crippen LogP contribution in [-0.2, 0) is 4.79 Å². The van der Waals surface area contributed by atoms with E-state index in [0.717, 1.165) is 5.57 Å². The van der Waals surface area contributed by atoms with Gasteiger partial charge < -0.3 is 5.11 Å². The van der Waals surface area contributed by atoms with Crippen molar-refractivity contribution >= 4 is 5.97 Å². The predicted molar refractivity (Wildman–Crippen MR) is 61.4 cm³/mol. The number of allylic oxidation sites excluding steroid dienone is 3. The summed E-state index contributed by atoms with van der Waals surface area (Å²) in [4.78, 5) is 10.1. The van der Waals surface area contributed by atoms with E-state index in [-0.39, 0.29) is 0 Å². The number of aliphatic carboxylic acids is 1. The fourth-order valence-corrected chi connectivity index (χ4v) is 0.214. The molecule has 0 aromatic carbocycles. The molecule has 2 nitrogen and oxygen atoms in total. The summed E-state index contributed by atoms with van der Waals surface area (Å²) in [5, 5.41) is 8.29. The molecule has 0 unspecified atom stereocenters. The maximum Gasteiger partial charge on any atom is 0.331 e. The molecule has 2 heteroatoms. The zero-order chi connectivity index (χ0) is 11.9. The fraction of sp³-hybridized carbons (Fsp3) is 0.583. The van der Waals surface area contributed by atoms with Crippen LogP contribution in [0.25, 0.3) is 0 Å². The average Bonchev–Trinajstić information content (AvgIpc) is 2.03. The Morgan fingerprint density at radius 2 is 1.00 bits per heavy atom. The van der Waals surface area contributed by atoms with Crippen molar-refractivity contribution in [1.82, 2.24) is 0 Å². The highest BCUT2D eigenvalue weighted by molar-refractivity contribution is 5.86. The Kier molecular flexibility index (Phi) is 8.11. The van der Waals surface area contributed by atoms with Crippen molar-refractivity contribution < 1.29 is 9.90 Å². The van der Waals surface area contributed by atoms with Crippen LogP contribution in [-0.4, -0.2) is 11.1 Å². The molecule has 0 rings (SSSR count). The molecule has 1 N–H and O–H groups in total. The number of rotatable bonds is 1. The Hall–Kier alpha value is -1.05. The smallest absolute Gasteiger partial charge is 0.331 e. The highest BCUT2D eigenvalue weighted by atomic mass is 16.4. The van der Waals surface area contributed by atoms with E-state index in [9.17, 15) is 4.79 Å². The largest absolute Gasteiger partial charge is 0.478 e. The molecule has 14 heavy (non-hydrogen) atoms. The second-order valence-corrected chi connectivity index (χ2v) is 3.93. The Morgan fingerprint density at radius 1 is 0.714 bits per heavy atom. The van der Waals surface area contributed by atoms with Crippen LogP contribution in [0.3, 0.4) is 0 Å². The van der Waals surface area contributed by atoms with Crippen molar-refractivity contribution in [1.29, 1.82) is 0 Å². The van der Waals surface area contributed by atoms with E-state index in [4.69, 9.17) is 5.11 Å². The van der Waals surface area contributed by atoms with Gasteiger partial charge in [-0.05, 0) is 48.5 Å². The van der Waals surface area contributed by atoms with Crippen LogP contribution >= 0.6 is 0 Å². The Labute approximate surface area is 87.3 Å². The highest BCUT2D eigenvalue weighted by Gasteiger charge is 1.98. The molecule has 0 radical (unpaired) electrons. The third-order valence-electron chi connectivity index (χ3n) is 2.07. The SMILES string of the molecule is CC(C)=C(C)C.CC(C)=C(C)C(=O)O. The highest BCUT2D eigenvalue weighted by Crippen LogP contribution is 1.99. The van der Waals surface area contributed by atoms with Crippen molar-refractivity contribution in [2.75, 3.05) is 0 Å². The molecule has 0 heterocycles. The monoisotopic (exact) mass is 198 g/mol. The van der Waals surface area contributed by atoms with E-state index in [2.05, 4.69) is 27.7 Å². The second-order valence-electron chi connectivity index (χ2n) is 3.93. The summed E-state index contributed by atoms with van der Waals surface area (Å²) in [5.41, 5.74) is 4.15. The van der Waals surface area contributed by atoms with Gasteiger partial charge in [-0.2, -0.15) is 0 Å². The lowest BCUT2D eigenvalue weighted by Gasteiger charge is -1.92. The molecular weight excluding hydrogens is 176 g/mol. The average molecular weight is 198 g/mol. The zero-order valence-corrected chi connectivity index (χ0v) is 10.4. The van der Waals surface area contributed by atoms with Crippen LogP contribution < -0.4 is 0 Å². The minimum atomic E-state index is -0.829. The lowest BCUT2D eigenvalue weighted by molar-refractivity contribution is -0.132. The molecule has 0 atom stereocenters. The van der Waals surface area contributed by atoms with Gasteiger partial charge in [0.15, 0.2) is 0 Å². The van der Waals surface area contributed by atoms with E-state index < -0.39 is 5.97 Å². The molecule has 0 aliphatic rings. The number of carboxylic acid groups (broad SMARTS) is 1. The van der Waals surface area contributed by atoms with Gasteiger partial charge >= 0.3 is 5.97 Å². The standard InChI is InChI=1S/C6H10O2.C6H12/c1-4(2)5(3)6(7)8;1-5(2)6(3)4/h1-3H3,(H,7,8);1-4H3. The number of hydrogen-bond donors (Lipinski definition) is 1. The van der Waals surface area contributed by atoms with Crippen LogP contribution in [0, 0.1) is 0 Å². The predicted octanol–water partition coefficient (Wildman–Crippen LogP) is 3.79. The van der Waals surface area contributed by atoms with E-state index in [0.29, 0.717) is 5.57 Å². The van der Waals surface area contributed by atoms with Crippen molar-refractivity contribution in [3.8, 4) is 0 Å². The molecule has 0 spiro atoms. The second kappa shape index (κ2) is 7.36. The third-order valence-corrected chi connectivity index (χ3v) is 2.07. The molecule has 0 bridgehead atoms. The molecule has 0 saturated carbocycles. The van der Waals surface area contributed by atoms with Crippen LogP contribution in [0.1, 0.15) is 48.5 Å². The zero-order valence-electron chi connectivity index (χ0n) is 10.4. The normalized spacial score (nSPS) is 8.21. The van der Waals surface area contributed by atoms with Gasteiger partial charge in [0.05, 0.1) is 0 Å². The van der Waals surface area contributed by atoms with Crippen molar-refractivity contribution in [3.63, 3.8) is 0 Å². The number of carbonyl (C=O) groups is 1. The number of hydrogen-bond acceptors (Lipinski definition) is 1. The Bertz CT molecular complexity index is 235. The molecule has 0 aromatic rings. The van der Waals surface area contributed by atoms with E-state index >= 15 is 0 Å². The minimum absolute atomic E-state index is 0.435. The summed E-state index contributed by atoms with van der Waals surface area (Å²) in [6.07, 6.45) is 0. The van der Waals surface area contributed by atoms with Crippen LogP contribution in [0.5, 0.6) is 0 Å². The van der Waals surface area contributed by atoms with Gasteiger partial charge in [0.25, 0.3) is 0 Å². The summed E-state index contributed by atoms with van der Waals surface area (Å²) in [6.45, 7) is 13.6. The van der Waals surface area contributed by atoms with E-state index in [1.807, 2.05) is 0 Å². The minimum Gasteiger partial charge on any atom is -0.478 e. The van der Waals surface area contributed by atoms with Gasteiger partial charge in [0.1, 0.15) is 0 Å². The van der Waals surface area contributed by atoms with Gasteiger partial charge in [0.2, 0.25) is 0 Å². The summed E-state index contributed by atoms with van der Waals surface area (Å²) in [7, 11) is 0. The number of carboxylic acids is 1. The van der Waals surface area contributed by atoms with E-state index in [1.54, 1.807) is 20.8 Å². The Balaban J connectivity index is 0. The molecule has 0 aromatic heterocycles. The van der Waals surface area contributed by atoms with Crippen LogP contribution in [0.2, 0.25) is 0 Å². The first-order valence-corrected chi connectivity index (χ1v) is 4.68. The van der Waals surface area contributed by atoms with Gasteiger partial charge in [-0.25, -0.2) is 4.79 Å². The lowest BCUT2D eigenvalue weighted by Crippen LogP contribution is -1.97. The topological polar surface area (TPSA) is 37.3 Å². The van der Waals surface area contributed by atoms with Crippen LogP contribution in [0.4, 0.5) is 0 Å². The van der Waals surface area contributed by atoms with Crippen molar-refractivity contribution in [2.45, 2.75) is 48.5 Å². The molecule has 0 aliphatic carbocycles. The summed E-state index contributed by atoms with van der Waals surface area (Å²) in [5.74, 6) is -0.829. The lowest BCUT2D eigenvalue weighted by atomic mass is 10.2. The van der Waals surface area contributed by atoms with Gasteiger partial charge in [-0.1, -0.05) is 16.7 Å². The van der Waals surface area contributed by atoms with Crippen LogP contribution in [0.15, 0.2) is 22.3 Å². The maximum atomic E-state index is 10.1. The summed E-state index contributed by atoms with van der Waals surface area (Å²) >= 11 is 0. The molecule has 0 aliphatic heterocycles. The van der Waals surface area contributed by atoms with Crippen molar-refractivity contribution in [2.24, 2.45) is 0 Å². The molecule has 0 saturated heterocycles. The first kappa shape index (κ1) is 15.4. The van der Waals surface area contributed by atoms with Gasteiger partial charge in [-0.15, -0.1) is 0 Å². The molecule has 82 valence electrons. The summed E-state index contributed by atoms with van der Waals surface area (Å²) < 4.78 is 0. The molecule has 0 fully saturated rings. The first-order valence-electron chi connectivity index (χ1n) is 4.68. The van der Waals surface area contributed by atoms with Crippen molar-refractivity contribution in [3.05, 3.63) is 22.3 Å². The van der Waals surface area contributed by atoms with E-state index in [1.165, 1.54) is 11.1 Å². The van der Waals surface area contributed by atoms with Gasteiger partial charge in [-0.3, -0.25) is 0 Å². The molecule has 0 amide bonds. The first-order chi connectivity index (χ1) is 6.20. The summed E-state index contributed by atoms with van der Waals surface area (Å²) in [6, 6.07) is 0. The van der Waals surface area contributed by atoms with Gasteiger partial charge in [0, 0.05) is 5.57 Å².